The molecule has 1 atom stereocenters. The largest absolute Gasteiger partial charge is 0.385 e. The van der Waals surface area contributed by atoms with E-state index in [4.69, 9.17) is 9.47 Å². The van der Waals surface area contributed by atoms with Gasteiger partial charge in [-0.1, -0.05) is 12.8 Å². The predicted molar refractivity (Wildman–Crippen MR) is 82.2 cm³/mol. The molecule has 1 saturated heterocycles. The Balaban J connectivity index is 1.73. The molecule has 1 aliphatic heterocycles. The van der Waals surface area contributed by atoms with Gasteiger partial charge in [0.25, 0.3) is 0 Å². The third kappa shape index (κ3) is 4.69. The summed E-state index contributed by atoms with van der Waals surface area (Å²) in [6.45, 7) is 8.27. The zero-order valence-corrected chi connectivity index (χ0v) is 13.3. The Morgan fingerprint density at radius 1 is 1.20 bits per heavy atom. The lowest BCUT2D eigenvalue weighted by atomic mass is 9.97. The van der Waals surface area contributed by atoms with E-state index in [1.54, 1.807) is 7.11 Å². The first-order valence-electron chi connectivity index (χ1n) is 8.31. The van der Waals surface area contributed by atoms with Gasteiger partial charge in [-0.3, -0.25) is 4.90 Å². The standard InChI is InChI=1S/C16H32N2O2/c1-15-6-9-17-16(7-3-4-8-16)14-18(15)10-13-20-12-5-11-19-2/h15,17H,3-14H2,1-2H3. The average molecular weight is 284 g/mol. The Kier molecular flexibility index (Phi) is 6.75. The summed E-state index contributed by atoms with van der Waals surface area (Å²) >= 11 is 0. The quantitative estimate of drug-likeness (QED) is 0.725. The zero-order chi connectivity index (χ0) is 14.3. The van der Waals surface area contributed by atoms with E-state index in [2.05, 4.69) is 17.1 Å². The Morgan fingerprint density at radius 3 is 2.75 bits per heavy atom. The van der Waals surface area contributed by atoms with Crippen molar-refractivity contribution in [3.05, 3.63) is 0 Å². The van der Waals surface area contributed by atoms with E-state index in [-0.39, 0.29) is 0 Å². The molecule has 4 nitrogen and oxygen atoms in total. The first-order chi connectivity index (χ1) is 9.76. The molecule has 1 saturated carbocycles. The van der Waals surface area contributed by atoms with Crippen LogP contribution in [0.25, 0.3) is 0 Å². The number of nitrogens with zero attached hydrogens (tertiary/aromatic N) is 1. The lowest BCUT2D eigenvalue weighted by Gasteiger charge is -2.35. The van der Waals surface area contributed by atoms with Crippen molar-refractivity contribution in [2.24, 2.45) is 0 Å². The number of nitrogens with one attached hydrogen (secondary N) is 1. The highest BCUT2D eigenvalue weighted by atomic mass is 16.5. The predicted octanol–water partition coefficient (Wildman–Crippen LogP) is 2.04. The van der Waals surface area contributed by atoms with Crippen LogP contribution >= 0.6 is 0 Å². The molecular formula is C16H32N2O2. The number of hydrogen-bond acceptors (Lipinski definition) is 4. The first-order valence-corrected chi connectivity index (χ1v) is 8.31. The summed E-state index contributed by atoms with van der Waals surface area (Å²) in [6, 6.07) is 0.671. The van der Waals surface area contributed by atoms with Gasteiger partial charge < -0.3 is 14.8 Å². The number of methoxy groups -OCH3 is 1. The third-order valence-electron chi connectivity index (χ3n) is 4.91. The Labute approximate surface area is 124 Å². The fourth-order valence-corrected chi connectivity index (χ4v) is 3.60. The van der Waals surface area contributed by atoms with Crippen LogP contribution in [0.1, 0.15) is 45.4 Å². The fraction of sp³-hybridized carbons (Fsp3) is 1.00. The Hall–Kier alpha value is -0.160. The van der Waals surface area contributed by atoms with Crippen molar-refractivity contribution in [1.82, 2.24) is 10.2 Å². The molecule has 4 heteroatoms. The number of ether oxygens (including phenoxy) is 2. The van der Waals surface area contributed by atoms with Gasteiger partial charge in [-0.05, 0) is 39.2 Å². The zero-order valence-electron chi connectivity index (χ0n) is 13.3. The molecule has 0 aromatic heterocycles. The van der Waals surface area contributed by atoms with Gasteiger partial charge in [0.15, 0.2) is 0 Å². The van der Waals surface area contributed by atoms with Gasteiger partial charge in [0.2, 0.25) is 0 Å². The average Bonchev–Trinajstić information content (AvgIpc) is 2.83. The van der Waals surface area contributed by atoms with Crippen molar-refractivity contribution in [2.75, 3.05) is 46.6 Å². The van der Waals surface area contributed by atoms with Gasteiger partial charge in [0.1, 0.15) is 0 Å². The number of rotatable bonds is 7. The van der Waals surface area contributed by atoms with Crippen LogP contribution in [0.5, 0.6) is 0 Å². The highest BCUT2D eigenvalue weighted by molar-refractivity contribution is 4.98. The summed E-state index contributed by atoms with van der Waals surface area (Å²) in [5.41, 5.74) is 0.404. The monoisotopic (exact) mass is 284 g/mol. The van der Waals surface area contributed by atoms with Gasteiger partial charge in [0, 0.05) is 45.0 Å². The topological polar surface area (TPSA) is 33.7 Å². The van der Waals surface area contributed by atoms with Gasteiger partial charge in [-0.25, -0.2) is 0 Å². The minimum atomic E-state index is 0.404. The highest BCUT2D eigenvalue weighted by Gasteiger charge is 2.37. The van der Waals surface area contributed by atoms with Crippen LogP contribution in [0.4, 0.5) is 0 Å². The maximum Gasteiger partial charge on any atom is 0.0593 e. The summed E-state index contributed by atoms with van der Waals surface area (Å²) in [6.07, 6.45) is 7.74. The summed E-state index contributed by atoms with van der Waals surface area (Å²) in [5.74, 6) is 0. The van der Waals surface area contributed by atoms with E-state index in [9.17, 15) is 0 Å². The second-order valence-electron chi connectivity index (χ2n) is 6.48. The highest BCUT2D eigenvalue weighted by Crippen LogP contribution is 2.32. The Bertz CT molecular complexity index is 267. The smallest absolute Gasteiger partial charge is 0.0593 e. The molecule has 2 aliphatic rings. The molecule has 118 valence electrons. The lowest BCUT2D eigenvalue weighted by molar-refractivity contribution is 0.0679. The van der Waals surface area contributed by atoms with Crippen LogP contribution in [0.3, 0.4) is 0 Å². The summed E-state index contributed by atoms with van der Waals surface area (Å²) < 4.78 is 10.8. The van der Waals surface area contributed by atoms with Gasteiger partial charge in [0.05, 0.1) is 6.61 Å². The lowest BCUT2D eigenvalue weighted by Crippen LogP contribution is -2.50. The molecule has 0 bridgehead atoms. The fourth-order valence-electron chi connectivity index (χ4n) is 3.60. The van der Waals surface area contributed by atoms with Gasteiger partial charge in [-0.15, -0.1) is 0 Å². The maximum absolute atomic E-state index is 5.74. The van der Waals surface area contributed by atoms with Crippen molar-refractivity contribution >= 4 is 0 Å². The minimum Gasteiger partial charge on any atom is -0.385 e. The summed E-state index contributed by atoms with van der Waals surface area (Å²) in [7, 11) is 1.74. The van der Waals surface area contributed by atoms with Gasteiger partial charge in [-0.2, -0.15) is 0 Å². The third-order valence-corrected chi connectivity index (χ3v) is 4.91. The molecule has 1 aliphatic carbocycles. The Morgan fingerprint density at radius 2 is 2.00 bits per heavy atom. The van der Waals surface area contributed by atoms with Gasteiger partial charge >= 0.3 is 0 Å². The van der Waals surface area contributed by atoms with Crippen LogP contribution in [0, 0.1) is 0 Å². The minimum absolute atomic E-state index is 0.404. The molecular weight excluding hydrogens is 252 g/mol. The molecule has 0 aromatic carbocycles. The molecule has 1 heterocycles. The molecule has 20 heavy (non-hydrogen) atoms. The molecule has 0 aromatic rings. The molecule has 2 fully saturated rings. The van der Waals surface area contributed by atoms with Crippen molar-refractivity contribution in [3.63, 3.8) is 0 Å². The molecule has 0 radical (unpaired) electrons. The number of hydrogen-bond donors (Lipinski definition) is 1. The first kappa shape index (κ1) is 16.2. The SMILES string of the molecule is COCCCOCCN1CC2(CCCC2)NCCC1C. The summed E-state index contributed by atoms with van der Waals surface area (Å²) in [4.78, 5) is 2.64. The second-order valence-corrected chi connectivity index (χ2v) is 6.48. The van der Waals surface area contributed by atoms with Crippen molar-refractivity contribution in [1.29, 1.82) is 0 Å². The summed E-state index contributed by atoms with van der Waals surface area (Å²) in [5, 5.41) is 3.84. The van der Waals surface area contributed by atoms with Crippen LogP contribution in [0.15, 0.2) is 0 Å². The molecule has 1 spiro atoms. The van der Waals surface area contributed by atoms with Crippen LogP contribution in [-0.4, -0.2) is 63.0 Å². The molecule has 2 rings (SSSR count). The van der Waals surface area contributed by atoms with E-state index < -0.39 is 0 Å². The van der Waals surface area contributed by atoms with E-state index in [1.807, 2.05) is 0 Å². The maximum atomic E-state index is 5.74. The molecule has 0 amide bonds. The molecule has 1 N–H and O–H groups in total. The van der Waals surface area contributed by atoms with Crippen LogP contribution in [0.2, 0.25) is 0 Å². The van der Waals surface area contributed by atoms with E-state index in [0.717, 1.165) is 32.8 Å². The van der Waals surface area contributed by atoms with Crippen LogP contribution < -0.4 is 5.32 Å². The van der Waals surface area contributed by atoms with E-state index in [0.29, 0.717) is 11.6 Å². The van der Waals surface area contributed by atoms with Crippen LogP contribution in [-0.2, 0) is 9.47 Å². The van der Waals surface area contributed by atoms with E-state index >= 15 is 0 Å². The molecule has 1 unspecified atom stereocenters. The van der Waals surface area contributed by atoms with Crippen molar-refractivity contribution in [3.8, 4) is 0 Å². The second kappa shape index (κ2) is 8.32. The normalized spacial score (nSPS) is 27.0. The van der Waals surface area contributed by atoms with Crippen molar-refractivity contribution < 1.29 is 9.47 Å². The van der Waals surface area contributed by atoms with E-state index in [1.165, 1.54) is 45.2 Å². The van der Waals surface area contributed by atoms with Crippen molar-refractivity contribution in [2.45, 2.75) is 57.0 Å².